The van der Waals surface area contributed by atoms with Gasteiger partial charge >= 0.3 is 0 Å². The Balaban J connectivity index is 1.19. The van der Waals surface area contributed by atoms with Crippen LogP contribution in [0, 0.1) is 0 Å². The fourth-order valence-electron chi connectivity index (χ4n) is 7.37. The van der Waals surface area contributed by atoms with Gasteiger partial charge in [-0.15, -0.1) is 0 Å². The molecule has 2 nitrogen and oxygen atoms in total. The minimum Gasteiger partial charge on any atom is -0.456 e. The van der Waals surface area contributed by atoms with Crippen molar-refractivity contribution in [1.29, 1.82) is 0 Å². The van der Waals surface area contributed by atoms with Gasteiger partial charge in [-0.25, -0.2) is 0 Å². The Bertz CT molecular complexity index is 2810. The first kappa shape index (κ1) is 32.7. The average Bonchev–Trinajstić information content (AvgIpc) is 3.61. The van der Waals surface area contributed by atoms with E-state index in [-0.39, 0.29) is 0 Å². The number of nitrogens with zero attached hydrogens (tertiary/aromatic N) is 1. The first-order chi connectivity index (χ1) is 26.7. The molecule has 9 aromatic rings. The topological polar surface area (TPSA) is 16.4 Å². The minimum atomic E-state index is 0.863. The molecule has 0 saturated carbocycles. The molecule has 0 bridgehead atoms. The minimum absolute atomic E-state index is 0.863. The van der Waals surface area contributed by atoms with E-state index in [1.54, 1.807) is 0 Å². The predicted octanol–water partition coefficient (Wildman–Crippen LogP) is 14.7. The van der Waals surface area contributed by atoms with Crippen molar-refractivity contribution < 1.29 is 4.42 Å². The van der Waals surface area contributed by atoms with Crippen molar-refractivity contribution in [3.63, 3.8) is 0 Å². The van der Waals surface area contributed by atoms with E-state index in [4.69, 9.17) is 4.42 Å². The summed E-state index contributed by atoms with van der Waals surface area (Å²) in [5.74, 6) is 0. The van der Waals surface area contributed by atoms with Gasteiger partial charge in [0.15, 0.2) is 0 Å². The quantitative estimate of drug-likeness (QED) is 0.140. The van der Waals surface area contributed by atoms with Crippen LogP contribution < -0.4 is 4.90 Å². The zero-order chi connectivity index (χ0) is 36.3. The zero-order valence-electron chi connectivity index (χ0n) is 29.8. The number of hydrogen-bond donors (Lipinski definition) is 0. The Morgan fingerprint density at radius 1 is 0.463 bits per heavy atom. The van der Waals surface area contributed by atoms with Crippen molar-refractivity contribution in [3.8, 4) is 33.4 Å². The van der Waals surface area contributed by atoms with Crippen molar-refractivity contribution in [1.82, 2.24) is 0 Å². The first-order valence-corrected chi connectivity index (χ1v) is 18.3. The lowest BCUT2D eigenvalue weighted by Crippen LogP contribution is -2.15. The molecule has 0 aliphatic rings. The third-order valence-electron chi connectivity index (χ3n) is 10.0. The van der Waals surface area contributed by atoms with Gasteiger partial charge in [0, 0.05) is 27.8 Å². The Labute approximate surface area is 315 Å². The largest absolute Gasteiger partial charge is 0.456 e. The maximum absolute atomic E-state index is 6.46. The summed E-state index contributed by atoms with van der Waals surface area (Å²) in [6, 6.07) is 66.6. The summed E-state index contributed by atoms with van der Waals surface area (Å²) in [6.45, 7) is 4.03. The van der Waals surface area contributed by atoms with E-state index < -0.39 is 0 Å². The van der Waals surface area contributed by atoms with Gasteiger partial charge in [-0.2, -0.15) is 0 Å². The number of allylic oxidation sites excluding steroid dienone is 3. The monoisotopic (exact) mass is 691 g/mol. The maximum Gasteiger partial charge on any atom is 0.136 e. The van der Waals surface area contributed by atoms with Crippen LogP contribution in [0.15, 0.2) is 223 Å². The van der Waals surface area contributed by atoms with E-state index in [9.17, 15) is 0 Å². The molecule has 0 fully saturated rings. The molecule has 0 N–H and O–H groups in total. The van der Waals surface area contributed by atoms with Gasteiger partial charge in [-0.1, -0.05) is 158 Å². The molecular weight excluding hydrogens is 655 g/mol. The van der Waals surface area contributed by atoms with Crippen LogP contribution in [0.5, 0.6) is 0 Å². The molecule has 0 spiro atoms. The second-order valence-electron chi connectivity index (χ2n) is 13.4. The summed E-state index contributed by atoms with van der Waals surface area (Å²) >= 11 is 0. The van der Waals surface area contributed by atoms with Crippen LogP contribution in [-0.4, -0.2) is 0 Å². The van der Waals surface area contributed by atoms with Crippen LogP contribution in [0.25, 0.3) is 72.2 Å². The van der Waals surface area contributed by atoms with Gasteiger partial charge in [0.25, 0.3) is 0 Å². The first-order valence-electron chi connectivity index (χ1n) is 18.3. The normalized spacial score (nSPS) is 11.8. The van der Waals surface area contributed by atoms with E-state index in [1.165, 1.54) is 33.2 Å². The zero-order valence-corrected chi connectivity index (χ0v) is 29.8. The van der Waals surface area contributed by atoms with Crippen molar-refractivity contribution in [3.05, 3.63) is 224 Å². The third kappa shape index (κ3) is 6.42. The summed E-state index contributed by atoms with van der Waals surface area (Å²) in [5, 5.41) is 4.54. The van der Waals surface area contributed by atoms with E-state index in [1.807, 2.05) is 12.2 Å². The van der Waals surface area contributed by atoms with Crippen LogP contribution in [0.1, 0.15) is 5.56 Å². The molecule has 2 heteroatoms. The SMILES string of the molecule is C=C/C=C\C(=C\c1cccc2oc3cc4ccccc4cc3c12)N(c1ccc(-c2ccccc2)cc1)c1ccc(-c2cccc(-c3ccccc3)c2)cc1. The highest BCUT2D eigenvalue weighted by Crippen LogP contribution is 2.39. The fraction of sp³-hybridized carbons (Fsp3) is 0. The number of hydrogen-bond acceptors (Lipinski definition) is 2. The number of anilines is 2. The van der Waals surface area contributed by atoms with E-state index in [0.717, 1.165) is 55.5 Å². The summed E-state index contributed by atoms with van der Waals surface area (Å²) in [7, 11) is 0. The predicted molar refractivity (Wildman–Crippen MR) is 230 cm³/mol. The molecular formula is C52H37NO. The van der Waals surface area contributed by atoms with E-state index in [2.05, 4.69) is 212 Å². The Kier molecular flexibility index (Phi) is 8.76. The third-order valence-corrected chi connectivity index (χ3v) is 10.0. The average molecular weight is 692 g/mol. The highest BCUT2D eigenvalue weighted by atomic mass is 16.3. The number of rotatable bonds is 9. The molecule has 256 valence electrons. The highest BCUT2D eigenvalue weighted by Gasteiger charge is 2.17. The second kappa shape index (κ2) is 14.5. The van der Waals surface area contributed by atoms with Gasteiger partial charge in [0.2, 0.25) is 0 Å². The van der Waals surface area contributed by atoms with Crippen molar-refractivity contribution in [2.24, 2.45) is 0 Å². The smallest absolute Gasteiger partial charge is 0.136 e. The molecule has 0 saturated heterocycles. The van der Waals surface area contributed by atoms with E-state index >= 15 is 0 Å². The van der Waals surface area contributed by atoms with Gasteiger partial charge < -0.3 is 9.32 Å². The van der Waals surface area contributed by atoms with Crippen molar-refractivity contribution in [2.75, 3.05) is 4.90 Å². The highest BCUT2D eigenvalue weighted by molar-refractivity contribution is 6.13. The number of fused-ring (bicyclic) bond motifs is 4. The summed E-state index contributed by atoms with van der Waals surface area (Å²) in [6.07, 6.45) is 8.22. The van der Waals surface area contributed by atoms with Crippen LogP contribution >= 0.6 is 0 Å². The molecule has 8 aromatic carbocycles. The van der Waals surface area contributed by atoms with Crippen LogP contribution in [-0.2, 0) is 0 Å². The molecule has 1 heterocycles. The molecule has 0 aliphatic carbocycles. The lowest BCUT2D eigenvalue weighted by atomic mass is 9.98. The van der Waals surface area contributed by atoms with Crippen LogP contribution in [0.2, 0.25) is 0 Å². The van der Waals surface area contributed by atoms with Crippen molar-refractivity contribution >= 4 is 50.2 Å². The van der Waals surface area contributed by atoms with Gasteiger partial charge in [0.1, 0.15) is 11.2 Å². The summed E-state index contributed by atoms with van der Waals surface area (Å²) < 4.78 is 6.46. The summed E-state index contributed by atoms with van der Waals surface area (Å²) in [5.41, 5.74) is 13.0. The molecule has 0 aliphatic heterocycles. The Morgan fingerprint density at radius 3 is 1.61 bits per heavy atom. The van der Waals surface area contributed by atoms with Gasteiger partial charge in [-0.3, -0.25) is 0 Å². The van der Waals surface area contributed by atoms with Gasteiger partial charge in [0.05, 0.1) is 0 Å². The number of benzene rings is 8. The fourth-order valence-corrected chi connectivity index (χ4v) is 7.37. The maximum atomic E-state index is 6.46. The molecule has 1 aromatic heterocycles. The lowest BCUT2D eigenvalue weighted by Gasteiger charge is -2.27. The molecule has 0 radical (unpaired) electrons. The molecule has 54 heavy (non-hydrogen) atoms. The number of furan rings is 1. The summed E-state index contributed by atoms with van der Waals surface area (Å²) in [4.78, 5) is 2.31. The molecule has 9 rings (SSSR count). The second-order valence-corrected chi connectivity index (χ2v) is 13.4. The van der Waals surface area contributed by atoms with Crippen LogP contribution in [0.4, 0.5) is 11.4 Å². The molecule has 0 amide bonds. The van der Waals surface area contributed by atoms with Crippen LogP contribution in [0.3, 0.4) is 0 Å². The Hall–Kier alpha value is -7.16. The van der Waals surface area contributed by atoms with Crippen molar-refractivity contribution in [2.45, 2.75) is 0 Å². The van der Waals surface area contributed by atoms with Gasteiger partial charge in [-0.05, 0) is 110 Å². The molecule has 0 atom stereocenters. The Morgan fingerprint density at radius 2 is 0.981 bits per heavy atom. The van der Waals surface area contributed by atoms with E-state index in [0.29, 0.717) is 0 Å². The standard InChI is InChI=1S/C52H37NO/c1-2-3-23-48(34-45-22-13-24-50-52(45)49-35-43-18-10-11-19-44(43)36-51(49)54-50)53(46-29-25-39(26-30-46)37-14-6-4-7-15-37)47-31-27-40(28-32-47)42-21-12-20-41(33-42)38-16-8-5-9-17-38/h2-36H,1H2/b23-3-,48-34-. The lowest BCUT2D eigenvalue weighted by molar-refractivity contribution is 0.669. The molecule has 0 unspecified atom stereocenters.